The fourth-order valence-corrected chi connectivity index (χ4v) is 3.91. The second-order valence-corrected chi connectivity index (χ2v) is 7.43. The SMILES string of the molecule is Cc1cc(N2CCC(C)CC2)nc(N2CCC3(CC2)OCCO3)n1. The van der Waals surface area contributed by atoms with Gasteiger partial charge in [0, 0.05) is 50.8 Å². The van der Waals surface area contributed by atoms with Gasteiger partial charge in [-0.3, -0.25) is 0 Å². The third-order valence-corrected chi connectivity index (χ3v) is 5.56. The zero-order chi connectivity index (χ0) is 16.6. The molecule has 6 heteroatoms. The van der Waals surface area contributed by atoms with Gasteiger partial charge in [-0.05, 0) is 25.7 Å². The highest BCUT2D eigenvalue weighted by atomic mass is 16.7. The summed E-state index contributed by atoms with van der Waals surface area (Å²) in [5, 5.41) is 0. The fourth-order valence-electron chi connectivity index (χ4n) is 3.91. The molecule has 4 heterocycles. The van der Waals surface area contributed by atoms with Crippen LogP contribution in [0.4, 0.5) is 11.8 Å². The van der Waals surface area contributed by atoms with E-state index in [1.165, 1.54) is 12.8 Å². The summed E-state index contributed by atoms with van der Waals surface area (Å²) in [6.07, 6.45) is 4.28. The first-order valence-corrected chi connectivity index (χ1v) is 9.27. The average Bonchev–Trinajstić information content (AvgIpc) is 3.04. The van der Waals surface area contributed by atoms with Gasteiger partial charge in [-0.2, -0.15) is 4.98 Å². The molecule has 24 heavy (non-hydrogen) atoms. The molecule has 3 aliphatic heterocycles. The van der Waals surface area contributed by atoms with Crippen LogP contribution in [0.3, 0.4) is 0 Å². The molecule has 0 aromatic carbocycles. The lowest BCUT2D eigenvalue weighted by atomic mass is 9.99. The van der Waals surface area contributed by atoms with Crippen LogP contribution in [-0.4, -0.2) is 55.1 Å². The fraction of sp³-hybridized carbons (Fsp3) is 0.778. The summed E-state index contributed by atoms with van der Waals surface area (Å²) in [7, 11) is 0. The van der Waals surface area contributed by atoms with Crippen molar-refractivity contribution < 1.29 is 9.47 Å². The molecule has 3 fully saturated rings. The number of aryl methyl sites for hydroxylation is 1. The Morgan fingerprint density at radius 3 is 2.33 bits per heavy atom. The first-order valence-electron chi connectivity index (χ1n) is 9.27. The van der Waals surface area contributed by atoms with E-state index in [-0.39, 0.29) is 5.79 Å². The maximum Gasteiger partial charge on any atom is 0.227 e. The number of rotatable bonds is 2. The highest BCUT2D eigenvalue weighted by Gasteiger charge is 2.40. The van der Waals surface area contributed by atoms with Crippen molar-refractivity contribution in [2.24, 2.45) is 5.92 Å². The Labute approximate surface area is 144 Å². The summed E-state index contributed by atoms with van der Waals surface area (Å²) >= 11 is 0. The van der Waals surface area contributed by atoms with Gasteiger partial charge in [0.15, 0.2) is 5.79 Å². The zero-order valence-electron chi connectivity index (χ0n) is 14.8. The van der Waals surface area contributed by atoms with Gasteiger partial charge in [0.25, 0.3) is 0 Å². The minimum atomic E-state index is -0.341. The molecule has 3 aliphatic rings. The first-order chi connectivity index (χ1) is 11.6. The van der Waals surface area contributed by atoms with Crippen LogP contribution in [0.25, 0.3) is 0 Å². The van der Waals surface area contributed by atoms with Crippen LogP contribution in [0.2, 0.25) is 0 Å². The molecular weight excluding hydrogens is 304 g/mol. The van der Waals surface area contributed by atoms with E-state index >= 15 is 0 Å². The normalized spacial score (nSPS) is 24.8. The maximum atomic E-state index is 5.82. The van der Waals surface area contributed by atoms with E-state index in [4.69, 9.17) is 14.5 Å². The smallest absolute Gasteiger partial charge is 0.227 e. The van der Waals surface area contributed by atoms with Crippen molar-refractivity contribution in [3.63, 3.8) is 0 Å². The average molecular weight is 332 g/mol. The Bertz CT molecular complexity index is 570. The van der Waals surface area contributed by atoms with Crippen LogP contribution in [0.1, 0.15) is 38.3 Å². The molecule has 0 aliphatic carbocycles. The van der Waals surface area contributed by atoms with Gasteiger partial charge in [0.1, 0.15) is 5.82 Å². The molecule has 0 unspecified atom stereocenters. The van der Waals surface area contributed by atoms with E-state index in [0.717, 1.165) is 75.6 Å². The van der Waals surface area contributed by atoms with Gasteiger partial charge in [0.05, 0.1) is 13.2 Å². The van der Waals surface area contributed by atoms with Crippen LogP contribution < -0.4 is 9.80 Å². The Morgan fingerprint density at radius 1 is 1.00 bits per heavy atom. The molecule has 0 N–H and O–H groups in total. The lowest BCUT2D eigenvalue weighted by molar-refractivity contribution is -0.169. The van der Waals surface area contributed by atoms with Crippen molar-refractivity contribution in [2.45, 2.75) is 45.3 Å². The molecule has 0 bridgehead atoms. The number of aromatic nitrogens is 2. The van der Waals surface area contributed by atoms with Crippen molar-refractivity contribution in [1.29, 1.82) is 0 Å². The summed E-state index contributed by atoms with van der Waals surface area (Å²) in [5.74, 6) is 2.43. The van der Waals surface area contributed by atoms with E-state index in [1.54, 1.807) is 0 Å². The topological polar surface area (TPSA) is 50.7 Å². The monoisotopic (exact) mass is 332 g/mol. The van der Waals surface area contributed by atoms with Crippen LogP contribution in [0, 0.1) is 12.8 Å². The first kappa shape index (κ1) is 16.1. The van der Waals surface area contributed by atoms with Crippen LogP contribution >= 0.6 is 0 Å². The molecule has 0 radical (unpaired) electrons. The molecule has 1 aromatic heterocycles. The van der Waals surface area contributed by atoms with Crippen molar-refractivity contribution in [2.75, 3.05) is 49.2 Å². The van der Waals surface area contributed by atoms with Crippen LogP contribution in [0.15, 0.2) is 6.07 Å². The Hall–Kier alpha value is -1.40. The van der Waals surface area contributed by atoms with E-state index in [0.29, 0.717) is 0 Å². The van der Waals surface area contributed by atoms with Gasteiger partial charge in [0.2, 0.25) is 5.95 Å². The van der Waals surface area contributed by atoms with Gasteiger partial charge in [-0.1, -0.05) is 6.92 Å². The number of ether oxygens (including phenoxy) is 2. The summed E-state index contributed by atoms with van der Waals surface area (Å²) in [6, 6.07) is 2.12. The highest BCUT2D eigenvalue weighted by molar-refractivity contribution is 5.46. The number of hydrogen-bond donors (Lipinski definition) is 0. The summed E-state index contributed by atoms with van der Waals surface area (Å²) in [5.41, 5.74) is 1.04. The van der Waals surface area contributed by atoms with Gasteiger partial charge < -0.3 is 19.3 Å². The standard InChI is InChI=1S/C18H28N4O2/c1-14-3-7-21(8-4-14)16-13-15(2)19-17(20-16)22-9-5-18(6-10-22)23-11-12-24-18/h13-14H,3-12H2,1-2H3. The zero-order valence-corrected chi connectivity index (χ0v) is 14.8. The van der Waals surface area contributed by atoms with Crippen molar-refractivity contribution in [1.82, 2.24) is 9.97 Å². The van der Waals surface area contributed by atoms with Crippen molar-refractivity contribution in [3.8, 4) is 0 Å². The number of hydrogen-bond acceptors (Lipinski definition) is 6. The molecule has 0 atom stereocenters. The van der Waals surface area contributed by atoms with E-state index in [2.05, 4.69) is 34.7 Å². The minimum absolute atomic E-state index is 0.341. The number of anilines is 2. The highest BCUT2D eigenvalue weighted by Crippen LogP contribution is 2.33. The molecule has 6 nitrogen and oxygen atoms in total. The molecule has 1 aromatic rings. The third kappa shape index (κ3) is 3.22. The van der Waals surface area contributed by atoms with E-state index in [9.17, 15) is 0 Å². The second kappa shape index (κ2) is 6.48. The van der Waals surface area contributed by atoms with E-state index in [1.807, 2.05) is 0 Å². The third-order valence-electron chi connectivity index (χ3n) is 5.56. The second-order valence-electron chi connectivity index (χ2n) is 7.43. The Morgan fingerprint density at radius 2 is 1.67 bits per heavy atom. The van der Waals surface area contributed by atoms with Gasteiger partial charge in [-0.15, -0.1) is 0 Å². The molecule has 132 valence electrons. The Kier molecular flexibility index (Phi) is 4.35. The minimum Gasteiger partial charge on any atom is -0.356 e. The molecular formula is C18H28N4O2. The van der Waals surface area contributed by atoms with Crippen LogP contribution in [-0.2, 0) is 9.47 Å². The lowest BCUT2D eigenvalue weighted by Crippen LogP contribution is -2.46. The predicted octanol–water partition coefficient (Wildman–Crippen LogP) is 2.36. The van der Waals surface area contributed by atoms with Gasteiger partial charge in [-0.25, -0.2) is 4.98 Å². The molecule has 3 saturated heterocycles. The summed E-state index contributed by atoms with van der Waals surface area (Å²) in [6.45, 7) is 9.82. The van der Waals surface area contributed by atoms with Gasteiger partial charge >= 0.3 is 0 Å². The maximum absolute atomic E-state index is 5.82. The number of nitrogens with zero attached hydrogens (tertiary/aromatic N) is 4. The van der Waals surface area contributed by atoms with Crippen molar-refractivity contribution in [3.05, 3.63) is 11.8 Å². The Balaban J connectivity index is 1.47. The van der Waals surface area contributed by atoms with Crippen LogP contribution in [0.5, 0.6) is 0 Å². The largest absolute Gasteiger partial charge is 0.356 e. The summed E-state index contributed by atoms with van der Waals surface area (Å²) in [4.78, 5) is 14.3. The molecule has 0 saturated carbocycles. The quantitative estimate of drug-likeness (QED) is 0.829. The number of piperidine rings is 2. The summed E-state index contributed by atoms with van der Waals surface area (Å²) < 4.78 is 11.6. The molecule has 1 spiro atoms. The predicted molar refractivity (Wildman–Crippen MR) is 93.5 cm³/mol. The lowest BCUT2D eigenvalue weighted by Gasteiger charge is -2.38. The molecule has 0 amide bonds. The van der Waals surface area contributed by atoms with Crippen molar-refractivity contribution >= 4 is 11.8 Å². The van der Waals surface area contributed by atoms with E-state index < -0.39 is 0 Å². The molecule has 4 rings (SSSR count).